The van der Waals surface area contributed by atoms with Crippen molar-refractivity contribution in [1.82, 2.24) is 0 Å². The molecule has 0 bridgehead atoms. The average molecular weight is 302 g/mol. The first kappa shape index (κ1) is 15.3. The average Bonchev–Trinajstić information content (AvgIpc) is 2.54. The maximum absolute atomic E-state index is 12.3. The molecule has 0 heterocycles. The first-order valence-corrected chi connectivity index (χ1v) is 6.33. The van der Waals surface area contributed by atoms with Crippen LogP contribution in [0.2, 0.25) is 0 Å². The maximum Gasteiger partial charge on any atom is 0.273 e. The normalized spacial score (nSPS) is 9.91. The van der Waals surface area contributed by atoms with E-state index in [1.54, 1.807) is 24.3 Å². The number of nitro benzene ring substituents is 1. The van der Waals surface area contributed by atoms with Crippen LogP contribution in [0.3, 0.4) is 0 Å². The molecule has 0 spiro atoms. The predicted molar refractivity (Wildman–Crippen MR) is 80.6 cm³/mol. The minimum absolute atomic E-state index is 0.122. The van der Waals surface area contributed by atoms with Crippen molar-refractivity contribution in [2.45, 2.75) is 0 Å². The van der Waals surface area contributed by atoms with Crippen LogP contribution in [0.15, 0.2) is 42.5 Å². The van der Waals surface area contributed by atoms with E-state index in [0.717, 1.165) is 0 Å². The summed E-state index contributed by atoms with van der Waals surface area (Å²) < 4.78 is 10.1. The maximum atomic E-state index is 12.3. The SMILES string of the molecule is COc1cc(C(=O)Nc2ccccc2OC)cc([N+](=O)[O-])c1. The lowest BCUT2D eigenvalue weighted by Gasteiger charge is -2.10. The summed E-state index contributed by atoms with van der Waals surface area (Å²) in [6.45, 7) is 0. The molecule has 0 aliphatic heterocycles. The molecule has 2 aromatic carbocycles. The molecule has 22 heavy (non-hydrogen) atoms. The van der Waals surface area contributed by atoms with E-state index in [9.17, 15) is 14.9 Å². The Balaban J connectivity index is 2.33. The van der Waals surface area contributed by atoms with Gasteiger partial charge in [-0.2, -0.15) is 0 Å². The van der Waals surface area contributed by atoms with Crippen LogP contribution in [0, 0.1) is 10.1 Å². The highest BCUT2D eigenvalue weighted by atomic mass is 16.6. The summed E-state index contributed by atoms with van der Waals surface area (Å²) >= 11 is 0. The molecule has 1 N–H and O–H groups in total. The number of hydrogen-bond acceptors (Lipinski definition) is 5. The van der Waals surface area contributed by atoms with Crippen LogP contribution in [0.4, 0.5) is 11.4 Å². The van der Waals surface area contributed by atoms with Gasteiger partial charge in [0.05, 0.1) is 36.5 Å². The van der Waals surface area contributed by atoms with Gasteiger partial charge in [-0.25, -0.2) is 0 Å². The third kappa shape index (κ3) is 3.32. The number of anilines is 1. The smallest absolute Gasteiger partial charge is 0.273 e. The number of carbonyl (C=O) groups is 1. The molecular weight excluding hydrogens is 288 g/mol. The Morgan fingerprint density at radius 3 is 2.50 bits per heavy atom. The lowest BCUT2D eigenvalue weighted by Crippen LogP contribution is -2.13. The van der Waals surface area contributed by atoms with E-state index >= 15 is 0 Å². The summed E-state index contributed by atoms with van der Waals surface area (Å²) in [6, 6.07) is 10.7. The lowest BCUT2D eigenvalue weighted by molar-refractivity contribution is -0.384. The number of carbonyl (C=O) groups excluding carboxylic acids is 1. The van der Waals surface area contributed by atoms with Gasteiger partial charge in [-0.3, -0.25) is 14.9 Å². The fourth-order valence-electron chi connectivity index (χ4n) is 1.88. The molecule has 0 radical (unpaired) electrons. The molecule has 0 saturated carbocycles. The third-order valence-corrected chi connectivity index (χ3v) is 2.96. The zero-order valence-corrected chi connectivity index (χ0v) is 12.0. The Hall–Kier alpha value is -3.09. The summed E-state index contributed by atoms with van der Waals surface area (Å²) in [6.07, 6.45) is 0. The molecule has 0 atom stereocenters. The molecule has 0 aliphatic carbocycles. The predicted octanol–water partition coefficient (Wildman–Crippen LogP) is 2.86. The van der Waals surface area contributed by atoms with Gasteiger partial charge in [0.15, 0.2) is 0 Å². The Bertz CT molecular complexity index is 715. The van der Waals surface area contributed by atoms with Gasteiger partial charge in [0.2, 0.25) is 0 Å². The van der Waals surface area contributed by atoms with Crippen molar-refractivity contribution in [3.63, 3.8) is 0 Å². The molecule has 2 aromatic rings. The van der Waals surface area contributed by atoms with Crippen LogP contribution in [0.5, 0.6) is 11.5 Å². The molecular formula is C15H14N2O5. The van der Waals surface area contributed by atoms with Crippen molar-refractivity contribution in [1.29, 1.82) is 0 Å². The number of nitrogens with one attached hydrogen (secondary N) is 1. The first-order valence-electron chi connectivity index (χ1n) is 6.33. The van der Waals surface area contributed by atoms with E-state index in [0.29, 0.717) is 11.4 Å². The highest BCUT2D eigenvalue weighted by Gasteiger charge is 2.16. The Labute approximate surface area is 126 Å². The number of para-hydroxylation sites is 2. The Kier molecular flexibility index (Phi) is 4.57. The van der Waals surface area contributed by atoms with E-state index in [2.05, 4.69) is 5.32 Å². The number of rotatable bonds is 5. The quantitative estimate of drug-likeness (QED) is 0.677. The molecule has 0 saturated heterocycles. The standard InChI is InChI=1S/C15H14N2O5/c1-21-12-8-10(7-11(9-12)17(19)20)15(18)16-13-5-3-4-6-14(13)22-2/h3-9H,1-2H3,(H,16,18). The number of hydrogen-bond donors (Lipinski definition) is 1. The molecule has 1 amide bonds. The first-order chi connectivity index (χ1) is 10.5. The number of amides is 1. The van der Waals surface area contributed by atoms with Gasteiger partial charge in [0.25, 0.3) is 11.6 Å². The molecule has 0 aliphatic rings. The van der Waals surface area contributed by atoms with Crippen molar-refractivity contribution in [3.05, 3.63) is 58.1 Å². The van der Waals surface area contributed by atoms with E-state index in [-0.39, 0.29) is 17.0 Å². The lowest BCUT2D eigenvalue weighted by atomic mass is 10.1. The van der Waals surface area contributed by atoms with E-state index < -0.39 is 10.8 Å². The Morgan fingerprint density at radius 2 is 1.86 bits per heavy atom. The highest BCUT2D eigenvalue weighted by molar-refractivity contribution is 6.05. The van der Waals surface area contributed by atoms with Gasteiger partial charge < -0.3 is 14.8 Å². The number of non-ortho nitro benzene ring substituents is 1. The largest absolute Gasteiger partial charge is 0.496 e. The van der Waals surface area contributed by atoms with E-state index in [1.165, 1.54) is 32.4 Å². The van der Waals surface area contributed by atoms with Crippen molar-refractivity contribution in [3.8, 4) is 11.5 Å². The second-order valence-corrected chi connectivity index (χ2v) is 4.33. The van der Waals surface area contributed by atoms with Crippen LogP contribution in [-0.4, -0.2) is 25.1 Å². The zero-order valence-electron chi connectivity index (χ0n) is 12.0. The van der Waals surface area contributed by atoms with E-state index in [4.69, 9.17) is 9.47 Å². The molecule has 114 valence electrons. The van der Waals surface area contributed by atoms with Gasteiger partial charge in [0, 0.05) is 6.07 Å². The Morgan fingerprint density at radius 1 is 1.14 bits per heavy atom. The molecule has 7 nitrogen and oxygen atoms in total. The van der Waals surface area contributed by atoms with Crippen LogP contribution in [0.1, 0.15) is 10.4 Å². The molecule has 0 unspecified atom stereocenters. The number of nitro groups is 1. The summed E-state index contributed by atoms with van der Waals surface area (Å²) in [5, 5.41) is 13.6. The third-order valence-electron chi connectivity index (χ3n) is 2.96. The van der Waals surface area contributed by atoms with Gasteiger partial charge in [-0.1, -0.05) is 12.1 Å². The topological polar surface area (TPSA) is 90.7 Å². The zero-order chi connectivity index (χ0) is 16.1. The second kappa shape index (κ2) is 6.57. The van der Waals surface area contributed by atoms with Crippen molar-refractivity contribution >= 4 is 17.3 Å². The van der Waals surface area contributed by atoms with Gasteiger partial charge in [-0.15, -0.1) is 0 Å². The molecule has 7 heteroatoms. The summed E-state index contributed by atoms with van der Waals surface area (Å²) in [4.78, 5) is 22.6. The van der Waals surface area contributed by atoms with Crippen molar-refractivity contribution < 1.29 is 19.2 Å². The van der Waals surface area contributed by atoms with E-state index in [1.807, 2.05) is 0 Å². The molecule has 0 aromatic heterocycles. The summed E-state index contributed by atoms with van der Waals surface area (Å²) in [7, 11) is 2.86. The van der Waals surface area contributed by atoms with Crippen LogP contribution in [0.25, 0.3) is 0 Å². The highest BCUT2D eigenvalue weighted by Crippen LogP contribution is 2.26. The number of ether oxygens (including phenoxy) is 2. The van der Waals surface area contributed by atoms with Crippen LogP contribution in [-0.2, 0) is 0 Å². The fourth-order valence-corrected chi connectivity index (χ4v) is 1.88. The van der Waals surface area contributed by atoms with Gasteiger partial charge in [0.1, 0.15) is 11.5 Å². The van der Waals surface area contributed by atoms with Crippen molar-refractivity contribution in [2.75, 3.05) is 19.5 Å². The molecule has 0 fully saturated rings. The molecule has 2 rings (SSSR count). The fraction of sp³-hybridized carbons (Fsp3) is 0.133. The number of benzene rings is 2. The minimum Gasteiger partial charge on any atom is -0.496 e. The second-order valence-electron chi connectivity index (χ2n) is 4.33. The summed E-state index contributed by atoms with van der Waals surface area (Å²) in [5.74, 6) is 0.235. The van der Waals surface area contributed by atoms with Gasteiger partial charge in [-0.05, 0) is 18.2 Å². The monoisotopic (exact) mass is 302 g/mol. The number of methoxy groups -OCH3 is 2. The van der Waals surface area contributed by atoms with Crippen molar-refractivity contribution in [2.24, 2.45) is 0 Å². The summed E-state index contributed by atoms with van der Waals surface area (Å²) in [5.41, 5.74) is 0.377. The minimum atomic E-state index is -0.581. The van der Waals surface area contributed by atoms with Crippen LogP contribution < -0.4 is 14.8 Å². The number of nitrogens with zero attached hydrogens (tertiary/aromatic N) is 1. The van der Waals surface area contributed by atoms with Crippen LogP contribution >= 0.6 is 0 Å². The van der Waals surface area contributed by atoms with Gasteiger partial charge >= 0.3 is 0 Å².